The molecule has 0 aliphatic carbocycles. The third-order valence-corrected chi connectivity index (χ3v) is 5.52. The molecule has 4 rings (SSSR count). The Kier molecular flexibility index (Phi) is 5.01. The summed E-state index contributed by atoms with van der Waals surface area (Å²) in [4.78, 5) is 20.7. The minimum absolute atomic E-state index is 0.173. The van der Waals surface area contributed by atoms with Crippen molar-refractivity contribution in [2.45, 2.75) is 11.9 Å². The Morgan fingerprint density at radius 1 is 1.26 bits per heavy atom. The highest BCUT2D eigenvalue weighted by molar-refractivity contribution is 8.00. The van der Waals surface area contributed by atoms with Gasteiger partial charge in [-0.25, -0.2) is 14.6 Å². The van der Waals surface area contributed by atoms with Crippen molar-refractivity contribution in [2.75, 3.05) is 11.1 Å². The molecule has 0 spiro atoms. The highest BCUT2D eigenvalue weighted by atomic mass is 35.5. The molecule has 0 aliphatic heterocycles. The Bertz CT molecular complexity index is 1110. The summed E-state index contributed by atoms with van der Waals surface area (Å²) in [6.45, 7) is 1.83. The number of nitrogens with one attached hydrogen (secondary N) is 1. The smallest absolute Gasteiger partial charge is 0.236 e. The Balaban J connectivity index is 1.52. The van der Waals surface area contributed by atoms with E-state index in [0.717, 1.165) is 16.1 Å². The SMILES string of the molecule is Cc1nnc(NC(=O)CSc2ncnc3c2cnn3-c2ccc(Cl)cc2)s1. The maximum Gasteiger partial charge on any atom is 0.236 e. The molecule has 11 heteroatoms. The number of thioether (sulfide) groups is 1. The van der Waals surface area contributed by atoms with Crippen molar-refractivity contribution in [1.82, 2.24) is 29.9 Å². The summed E-state index contributed by atoms with van der Waals surface area (Å²) in [5.74, 6) is 0.0182. The number of fused-ring (bicyclic) bond motifs is 1. The Morgan fingerprint density at radius 2 is 2.07 bits per heavy atom. The number of aryl methyl sites for hydroxylation is 1. The molecule has 0 saturated heterocycles. The van der Waals surface area contributed by atoms with E-state index in [0.29, 0.717) is 20.8 Å². The normalized spacial score (nSPS) is 11.0. The maximum absolute atomic E-state index is 12.1. The molecule has 0 atom stereocenters. The summed E-state index contributed by atoms with van der Waals surface area (Å²) < 4.78 is 1.71. The summed E-state index contributed by atoms with van der Waals surface area (Å²) in [7, 11) is 0. The predicted octanol–water partition coefficient (Wildman–Crippen LogP) is 3.36. The number of carbonyl (C=O) groups excluding carboxylic acids is 1. The van der Waals surface area contributed by atoms with Crippen molar-refractivity contribution in [3.63, 3.8) is 0 Å². The number of anilines is 1. The number of aromatic nitrogens is 6. The third-order valence-electron chi connectivity index (χ3n) is 3.51. The van der Waals surface area contributed by atoms with Crippen molar-refractivity contribution in [2.24, 2.45) is 0 Å². The molecule has 3 aromatic heterocycles. The van der Waals surface area contributed by atoms with Gasteiger partial charge in [-0.05, 0) is 31.2 Å². The summed E-state index contributed by atoms with van der Waals surface area (Å²) in [6.07, 6.45) is 3.16. The van der Waals surface area contributed by atoms with Gasteiger partial charge in [0.2, 0.25) is 11.0 Å². The second-order valence-corrected chi connectivity index (χ2v) is 7.99. The van der Waals surface area contributed by atoms with Crippen LogP contribution in [0.15, 0.2) is 41.8 Å². The van der Waals surface area contributed by atoms with E-state index in [1.165, 1.54) is 29.4 Å². The number of hydrogen-bond acceptors (Lipinski definition) is 8. The van der Waals surface area contributed by atoms with Gasteiger partial charge in [0.1, 0.15) is 16.4 Å². The molecule has 27 heavy (non-hydrogen) atoms. The number of rotatable bonds is 5. The van der Waals surface area contributed by atoms with Crippen LogP contribution in [0.4, 0.5) is 5.13 Å². The third kappa shape index (κ3) is 3.92. The van der Waals surface area contributed by atoms with Gasteiger partial charge in [0.25, 0.3) is 0 Å². The molecule has 0 aliphatic rings. The van der Waals surface area contributed by atoms with Crippen molar-refractivity contribution in [3.05, 3.63) is 46.8 Å². The zero-order valence-corrected chi connectivity index (χ0v) is 16.3. The minimum atomic E-state index is -0.173. The van der Waals surface area contributed by atoms with Gasteiger partial charge in [0.05, 0.1) is 23.0 Å². The van der Waals surface area contributed by atoms with Gasteiger partial charge < -0.3 is 0 Å². The fourth-order valence-electron chi connectivity index (χ4n) is 2.35. The van der Waals surface area contributed by atoms with Crippen LogP contribution < -0.4 is 5.32 Å². The number of carbonyl (C=O) groups is 1. The van der Waals surface area contributed by atoms with Crippen LogP contribution in [0.2, 0.25) is 5.02 Å². The maximum atomic E-state index is 12.1. The molecule has 4 aromatic rings. The molecule has 0 radical (unpaired) electrons. The van der Waals surface area contributed by atoms with E-state index in [-0.39, 0.29) is 11.7 Å². The number of hydrogen-bond donors (Lipinski definition) is 1. The van der Waals surface area contributed by atoms with Gasteiger partial charge in [-0.2, -0.15) is 5.10 Å². The van der Waals surface area contributed by atoms with Crippen molar-refractivity contribution < 1.29 is 4.79 Å². The van der Waals surface area contributed by atoms with Crippen molar-refractivity contribution >= 4 is 56.8 Å². The Labute approximate surface area is 167 Å². The van der Waals surface area contributed by atoms with E-state index < -0.39 is 0 Å². The van der Waals surface area contributed by atoms with Crippen LogP contribution in [-0.2, 0) is 4.79 Å². The van der Waals surface area contributed by atoms with Gasteiger partial charge in [0.15, 0.2) is 5.65 Å². The quantitative estimate of drug-likeness (QED) is 0.392. The zero-order chi connectivity index (χ0) is 18.8. The Morgan fingerprint density at radius 3 is 2.81 bits per heavy atom. The first-order valence-electron chi connectivity index (χ1n) is 7.77. The van der Waals surface area contributed by atoms with Crippen LogP contribution in [0.5, 0.6) is 0 Å². The summed E-state index contributed by atoms with van der Waals surface area (Å²) >= 11 is 8.59. The lowest BCUT2D eigenvalue weighted by Crippen LogP contribution is -2.14. The van der Waals surface area contributed by atoms with Crippen LogP contribution in [0.3, 0.4) is 0 Å². The summed E-state index contributed by atoms with van der Waals surface area (Å²) in [5, 5.41) is 18.3. The van der Waals surface area contributed by atoms with E-state index in [1.54, 1.807) is 23.0 Å². The fourth-order valence-corrected chi connectivity index (χ4v) is 3.84. The van der Waals surface area contributed by atoms with Gasteiger partial charge >= 0.3 is 0 Å². The first-order chi connectivity index (χ1) is 13.1. The van der Waals surface area contributed by atoms with E-state index in [1.807, 2.05) is 19.1 Å². The monoisotopic (exact) mass is 417 g/mol. The average Bonchev–Trinajstić information content (AvgIpc) is 3.27. The van der Waals surface area contributed by atoms with E-state index in [2.05, 4.69) is 30.6 Å². The topological polar surface area (TPSA) is 98.5 Å². The second kappa shape index (κ2) is 7.59. The number of benzene rings is 1. The van der Waals surface area contributed by atoms with Gasteiger partial charge in [-0.1, -0.05) is 34.7 Å². The molecule has 0 fully saturated rings. The van der Waals surface area contributed by atoms with Crippen LogP contribution in [0.25, 0.3) is 16.7 Å². The molecule has 3 heterocycles. The zero-order valence-electron chi connectivity index (χ0n) is 14.0. The lowest BCUT2D eigenvalue weighted by atomic mass is 10.3. The lowest BCUT2D eigenvalue weighted by molar-refractivity contribution is -0.113. The van der Waals surface area contributed by atoms with Crippen molar-refractivity contribution in [3.8, 4) is 5.69 Å². The molecule has 0 unspecified atom stereocenters. The van der Waals surface area contributed by atoms with Crippen LogP contribution in [0.1, 0.15) is 5.01 Å². The van der Waals surface area contributed by atoms with E-state index in [9.17, 15) is 4.79 Å². The van der Waals surface area contributed by atoms with Gasteiger partial charge in [0, 0.05) is 5.02 Å². The lowest BCUT2D eigenvalue weighted by Gasteiger charge is -2.04. The molecule has 0 bridgehead atoms. The summed E-state index contributed by atoms with van der Waals surface area (Å²) in [5.41, 5.74) is 1.50. The number of amides is 1. The standard InChI is InChI=1S/C16H12ClN7OS2/c1-9-22-23-16(27-9)21-13(25)7-26-15-12-6-20-24(14(12)18-8-19-15)11-4-2-10(17)3-5-11/h2-6,8H,7H2,1H3,(H,21,23,25). The fraction of sp³-hybridized carbons (Fsp3) is 0.125. The van der Waals surface area contributed by atoms with Gasteiger partial charge in [-0.3, -0.25) is 10.1 Å². The highest BCUT2D eigenvalue weighted by Crippen LogP contribution is 2.26. The predicted molar refractivity (Wildman–Crippen MR) is 106 cm³/mol. The van der Waals surface area contributed by atoms with Crippen LogP contribution in [-0.4, -0.2) is 41.6 Å². The molecule has 1 aromatic carbocycles. The molecule has 8 nitrogen and oxygen atoms in total. The van der Waals surface area contributed by atoms with E-state index >= 15 is 0 Å². The minimum Gasteiger partial charge on any atom is -0.300 e. The average molecular weight is 418 g/mol. The highest BCUT2D eigenvalue weighted by Gasteiger charge is 2.14. The molecule has 136 valence electrons. The second-order valence-electron chi connectivity index (χ2n) is 5.41. The molecule has 1 N–H and O–H groups in total. The van der Waals surface area contributed by atoms with Gasteiger partial charge in [-0.15, -0.1) is 10.2 Å². The number of nitrogens with zero attached hydrogens (tertiary/aromatic N) is 6. The molecular weight excluding hydrogens is 406 g/mol. The van der Waals surface area contributed by atoms with Crippen LogP contribution in [0, 0.1) is 6.92 Å². The van der Waals surface area contributed by atoms with Crippen molar-refractivity contribution in [1.29, 1.82) is 0 Å². The number of halogens is 1. The first-order valence-corrected chi connectivity index (χ1v) is 9.95. The first kappa shape index (κ1) is 17.8. The Hall–Kier alpha value is -2.56. The molecule has 1 amide bonds. The largest absolute Gasteiger partial charge is 0.300 e. The van der Waals surface area contributed by atoms with Crippen LogP contribution >= 0.6 is 34.7 Å². The van der Waals surface area contributed by atoms with E-state index in [4.69, 9.17) is 11.6 Å². The molecular formula is C16H12ClN7OS2. The summed E-state index contributed by atoms with van der Waals surface area (Å²) in [6, 6.07) is 7.31. The molecule has 0 saturated carbocycles.